The summed E-state index contributed by atoms with van der Waals surface area (Å²) < 4.78 is 0. The fourth-order valence-electron chi connectivity index (χ4n) is 0.964. The highest BCUT2D eigenvalue weighted by molar-refractivity contribution is 9.10. The number of nitrogens with zero attached hydrogens (tertiary/aromatic N) is 1. The molecule has 1 aromatic heterocycles. The van der Waals surface area contributed by atoms with Crippen molar-refractivity contribution in [3.63, 3.8) is 0 Å². The van der Waals surface area contributed by atoms with Crippen molar-refractivity contribution in [1.29, 1.82) is 0 Å². The van der Waals surface area contributed by atoms with Crippen molar-refractivity contribution in [2.45, 2.75) is 18.7 Å². The number of amides is 1. The van der Waals surface area contributed by atoms with Gasteiger partial charge in [0.05, 0.1) is 16.7 Å². The second-order valence-electron chi connectivity index (χ2n) is 3.50. The highest BCUT2D eigenvalue weighted by atomic mass is 79.9. The van der Waals surface area contributed by atoms with Gasteiger partial charge in [0.25, 0.3) is 0 Å². The molecule has 0 saturated carbocycles. The number of nitrogens with one attached hydrogen (secondary N) is 1. The minimum atomic E-state index is -0.201. The molecule has 0 aromatic carbocycles. The molecule has 1 aromatic rings. The van der Waals surface area contributed by atoms with E-state index in [4.69, 9.17) is 11.6 Å². The Morgan fingerprint density at radius 3 is 2.67 bits per heavy atom. The van der Waals surface area contributed by atoms with E-state index in [9.17, 15) is 4.79 Å². The van der Waals surface area contributed by atoms with Crippen molar-refractivity contribution in [2.24, 2.45) is 5.92 Å². The Morgan fingerprint density at radius 2 is 2.20 bits per heavy atom. The van der Waals surface area contributed by atoms with Gasteiger partial charge >= 0.3 is 0 Å². The second kappa shape index (κ2) is 5.47. The fraction of sp³-hybridized carbons (Fsp3) is 0.400. The number of hydrogen-bond donors (Lipinski definition) is 1. The molecule has 1 amide bonds. The lowest BCUT2D eigenvalue weighted by Gasteiger charge is -2.13. The first kappa shape index (κ1) is 12.5. The Kier molecular flexibility index (Phi) is 4.54. The Morgan fingerprint density at radius 1 is 1.53 bits per heavy atom. The molecule has 0 fully saturated rings. The number of carbonyl (C=O) groups is 1. The largest absolute Gasteiger partial charge is 0.324 e. The van der Waals surface area contributed by atoms with Gasteiger partial charge in [0.15, 0.2) is 0 Å². The molecule has 1 rings (SSSR count). The molecular formula is C10H12BrClN2O. The number of aromatic nitrogens is 1. The summed E-state index contributed by atoms with van der Waals surface area (Å²) in [4.78, 5) is 15.3. The van der Waals surface area contributed by atoms with Crippen LogP contribution in [0.5, 0.6) is 0 Å². The van der Waals surface area contributed by atoms with Gasteiger partial charge < -0.3 is 5.32 Å². The molecule has 15 heavy (non-hydrogen) atoms. The van der Waals surface area contributed by atoms with Crippen molar-refractivity contribution >= 4 is 39.1 Å². The Balaban J connectivity index is 2.62. The van der Waals surface area contributed by atoms with Crippen LogP contribution in [0.4, 0.5) is 5.69 Å². The second-order valence-corrected chi connectivity index (χ2v) is 4.88. The zero-order valence-electron chi connectivity index (χ0n) is 8.50. The van der Waals surface area contributed by atoms with Crippen LogP contribution in [0.1, 0.15) is 13.8 Å². The predicted molar refractivity (Wildman–Crippen MR) is 65.4 cm³/mol. The van der Waals surface area contributed by atoms with E-state index in [1.807, 2.05) is 13.8 Å². The van der Waals surface area contributed by atoms with E-state index in [1.54, 1.807) is 12.1 Å². The standard InChI is InChI=1S/C10H12BrClN2O/c1-6(2)9(11)10(15)14-7-3-4-8(12)13-5-7/h3-6,9H,1-2H3,(H,14,15). The fourth-order valence-corrected chi connectivity index (χ4v) is 1.19. The lowest BCUT2D eigenvalue weighted by Crippen LogP contribution is -2.26. The molecule has 0 aliphatic rings. The maximum atomic E-state index is 11.6. The van der Waals surface area contributed by atoms with E-state index in [-0.39, 0.29) is 16.7 Å². The SMILES string of the molecule is CC(C)C(Br)C(=O)Nc1ccc(Cl)nc1. The van der Waals surface area contributed by atoms with E-state index in [1.165, 1.54) is 6.20 Å². The van der Waals surface area contributed by atoms with Crippen LogP contribution in [0.15, 0.2) is 18.3 Å². The van der Waals surface area contributed by atoms with E-state index < -0.39 is 0 Å². The van der Waals surface area contributed by atoms with E-state index in [0.717, 1.165) is 0 Å². The molecule has 5 heteroatoms. The number of rotatable bonds is 3. The number of pyridine rings is 1. The van der Waals surface area contributed by atoms with Gasteiger partial charge in [-0.15, -0.1) is 0 Å². The molecule has 0 aliphatic carbocycles. The summed E-state index contributed by atoms with van der Waals surface area (Å²) in [5.41, 5.74) is 0.648. The summed E-state index contributed by atoms with van der Waals surface area (Å²) in [6.07, 6.45) is 1.53. The van der Waals surface area contributed by atoms with Gasteiger partial charge in [-0.1, -0.05) is 41.4 Å². The minimum absolute atomic E-state index is 0.0749. The molecule has 3 nitrogen and oxygen atoms in total. The summed E-state index contributed by atoms with van der Waals surface area (Å²) in [6.45, 7) is 3.94. The lowest BCUT2D eigenvalue weighted by atomic mass is 10.1. The quantitative estimate of drug-likeness (QED) is 0.687. The third kappa shape index (κ3) is 3.80. The number of alkyl halides is 1. The maximum Gasteiger partial charge on any atom is 0.238 e. The summed E-state index contributed by atoms with van der Waals surface area (Å²) in [5, 5.41) is 3.15. The maximum absolute atomic E-state index is 11.6. The van der Waals surface area contributed by atoms with Crippen LogP contribution in [-0.2, 0) is 4.79 Å². The molecule has 0 saturated heterocycles. The molecule has 1 heterocycles. The van der Waals surface area contributed by atoms with Gasteiger partial charge in [-0.25, -0.2) is 4.98 Å². The Labute approximate surface area is 102 Å². The predicted octanol–water partition coefficient (Wildman–Crippen LogP) is 3.09. The topological polar surface area (TPSA) is 42.0 Å². The van der Waals surface area contributed by atoms with Crippen LogP contribution >= 0.6 is 27.5 Å². The Bertz CT molecular complexity index is 340. The van der Waals surface area contributed by atoms with Crippen LogP contribution in [0.25, 0.3) is 0 Å². The van der Waals surface area contributed by atoms with Crippen LogP contribution < -0.4 is 5.32 Å². The average molecular weight is 292 g/mol. The van der Waals surface area contributed by atoms with Crippen molar-refractivity contribution in [2.75, 3.05) is 5.32 Å². The molecular weight excluding hydrogens is 279 g/mol. The van der Waals surface area contributed by atoms with Crippen molar-refractivity contribution in [3.05, 3.63) is 23.5 Å². The Hall–Kier alpha value is -0.610. The summed E-state index contributed by atoms with van der Waals surface area (Å²) in [5.74, 6) is 0.166. The summed E-state index contributed by atoms with van der Waals surface area (Å²) >= 11 is 8.95. The van der Waals surface area contributed by atoms with Crippen LogP contribution in [-0.4, -0.2) is 15.7 Å². The minimum Gasteiger partial charge on any atom is -0.324 e. The summed E-state index contributed by atoms with van der Waals surface area (Å²) in [7, 11) is 0. The molecule has 0 spiro atoms. The molecule has 1 N–H and O–H groups in total. The third-order valence-electron chi connectivity index (χ3n) is 1.83. The number of hydrogen-bond acceptors (Lipinski definition) is 2. The molecule has 1 atom stereocenters. The van der Waals surface area contributed by atoms with Gasteiger partial charge in [-0.05, 0) is 18.1 Å². The zero-order valence-corrected chi connectivity index (χ0v) is 10.8. The highest BCUT2D eigenvalue weighted by Gasteiger charge is 2.18. The van der Waals surface area contributed by atoms with Crippen LogP contribution in [0.3, 0.4) is 0 Å². The monoisotopic (exact) mass is 290 g/mol. The van der Waals surface area contributed by atoms with Crippen LogP contribution in [0.2, 0.25) is 5.15 Å². The molecule has 1 unspecified atom stereocenters. The van der Waals surface area contributed by atoms with Crippen LogP contribution in [0, 0.1) is 5.92 Å². The zero-order chi connectivity index (χ0) is 11.4. The molecule has 82 valence electrons. The first-order chi connectivity index (χ1) is 7.00. The number of anilines is 1. The first-order valence-electron chi connectivity index (χ1n) is 4.57. The molecule has 0 aliphatic heterocycles. The van der Waals surface area contributed by atoms with Crippen molar-refractivity contribution in [3.8, 4) is 0 Å². The van der Waals surface area contributed by atoms with Gasteiger partial charge in [0.1, 0.15) is 5.15 Å². The van der Waals surface area contributed by atoms with Gasteiger partial charge in [-0.2, -0.15) is 0 Å². The highest BCUT2D eigenvalue weighted by Crippen LogP contribution is 2.15. The lowest BCUT2D eigenvalue weighted by molar-refractivity contribution is -0.116. The normalized spacial score (nSPS) is 12.6. The molecule has 0 bridgehead atoms. The number of halogens is 2. The van der Waals surface area contributed by atoms with Gasteiger partial charge in [-0.3, -0.25) is 4.79 Å². The number of carbonyl (C=O) groups excluding carboxylic acids is 1. The van der Waals surface area contributed by atoms with Gasteiger partial charge in [0.2, 0.25) is 5.91 Å². The van der Waals surface area contributed by atoms with E-state index >= 15 is 0 Å². The van der Waals surface area contributed by atoms with Gasteiger partial charge in [0, 0.05) is 0 Å². The summed E-state index contributed by atoms with van der Waals surface area (Å²) in [6, 6.07) is 3.35. The molecule has 0 radical (unpaired) electrons. The first-order valence-corrected chi connectivity index (χ1v) is 5.86. The average Bonchev–Trinajstić information content (AvgIpc) is 2.20. The van der Waals surface area contributed by atoms with E-state index in [0.29, 0.717) is 10.8 Å². The van der Waals surface area contributed by atoms with Crippen molar-refractivity contribution < 1.29 is 4.79 Å². The third-order valence-corrected chi connectivity index (χ3v) is 3.53. The van der Waals surface area contributed by atoms with Crippen molar-refractivity contribution in [1.82, 2.24) is 4.98 Å². The smallest absolute Gasteiger partial charge is 0.238 e. The van der Waals surface area contributed by atoms with E-state index in [2.05, 4.69) is 26.2 Å².